The smallest absolute Gasteiger partial charge is 0.336 e. The van der Waals surface area contributed by atoms with Gasteiger partial charge in [0.05, 0.1) is 11.1 Å². The number of rotatable bonds is 7. The van der Waals surface area contributed by atoms with Crippen LogP contribution in [0.3, 0.4) is 0 Å². The van der Waals surface area contributed by atoms with Crippen LogP contribution in [0, 0.1) is 0 Å². The molecule has 0 atom stereocenters. The molecule has 1 rings (SSSR count). The van der Waals surface area contributed by atoms with Crippen LogP contribution in [0.25, 0.3) is 0 Å². The molecule has 2 N–H and O–H groups in total. The van der Waals surface area contributed by atoms with Crippen molar-refractivity contribution in [2.45, 2.75) is 39.3 Å². The monoisotopic (exact) mass is 372 g/mol. The van der Waals surface area contributed by atoms with Gasteiger partial charge < -0.3 is 18.4 Å². The van der Waals surface area contributed by atoms with Gasteiger partial charge in [-0.2, -0.15) is 0 Å². The Morgan fingerprint density at radius 3 is 1.96 bits per heavy atom. The molecule has 0 radical (unpaired) electrons. The number of hydrogen-bond donors (Lipinski definition) is 2. The molecule has 0 saturated carbocycles. The lowest BCUT2D eigenvalue weighted by Gasteiger charge is -2.35. The van der Waals surface area contributed by atoms with Crippen molar-refractivity contribution in [2.75, 3.05) is 0 Å². The molecule has 6 nitrogen and oxygen atoms in total. The molecule has 1 aromatic rings. The summed E-state index contributed by atoms with van der Waals surface area (Å²) < 4.78 is 12.3. The Kier molecular flexibility index (Phi) is 6.10. The van der Waals surface area contributed by atoms with E-state index in [0.29, 0.717) is 0 Å². The maximum Gasteiger partial charge on any atom is 0.336 e. The molecule has 9 heteroatoms. The van der Waals surface area contributed by atoms with E-state index in [9.17, 15) is 14.7 Å². The summed E-state index contributed by atoms with van der Waals surface area (Å²) in [7, 11) is -5.96. The lowest BCUT2D eigenvalue weighted by atomic mass is 10.1. The summed E-state index contributed by atoms with van der Waals surface area (Å²) in [6.07, 6.45) is 0. The Morgan fingerprint density at radius 2 is 1.52 bits per heavy atom. The zero-order valence-corrected chi connectivity index (χ0v) is 17.5. The second kappa shape index (κ2) is 7.09. The molecule has 0 bridgehead atoms. The molecule has 128 valence electrons. The lowest BCUT2D eigenvalue weighted by molar-refractivity contribution is 0.0651. The van der Waals surface area contributed by atoms with Gasteiger partial charge in [-0.1, -0.05) is 6.07 Å². The number of carboxylic acids is 2. The molecule has 1 aromatic carbocycles. The van der Waals surface area contributed by atoms with Gasteiger partial charge in [-0.05, 0) is 56.6 Å². The first kappa shape index (κ1) is 19.8. The Labute approximate surface area is 140 Å². The van der Waals surface area contributed by atoms with E-state index in [1.165, 1.54) is 12.1 Å². The van der Waals surface area contributed by atoms with E-state index in [0.717, 1.165) is 5.19 Å². The van der Waals surface area contributed by atoms with Crippen molar-refractivity contribution >= 4 is 43.0 Å². The molecule has 0 aromatic heterocycles. The first-order valence-corrected chi connectivity index (χ1v) is 15.9. The SMILES string of the molecule is C[SiH](C)O[Si](C)(C)O[Si](C)(C)c1ccc(C(=O)O)c(C(=O)O)c1. The van der Waals surface area contributed by atoms with Crippen LogP contribution in [0.5, 0.6) is 0 Å². The predicted molar refractivity (Wildman–Crippen MR) is 96.0 cm³/mol. The van der Waals surface area contributed by atoms with Gasteiger partial charge in [-0.3, -0.25) is 0 Å². The van der Waals surface area contributed by atoms with Gasteiger partial charge in [0.2, 0.25) is 8.32 Å². The topological polar surface area (TPSA) is 93.1 Å². The quantitative estimate of drug-likeness (QED) is 0.713. The van der Waals surface area contributed by atoms with Crippen LogP contribution in [-0.2, 0) is 8.23 Å². The number of carbonyl (C=O) groups is 2. The Hall–Kier alpha value is -1.27. The highest BCUT2D eigenvalue weighted by atomic mass is 28.5. The zero-order valence-electron chi connectivity index (χ0n) is 14.3. The number of aromatic carboxylic acids is 2. The first-order valence-electron chi connectivity index (χ1n) is 7.35. The summed E-state index contributed by atoms with van der Waals surface area (Å²) in [6, 6.07) is 4.42. The lowest BCUT2D eigenvalue weighted by Crippen LogP contribution is -2.55. The largest absolute Gasteiger partial charge is 0.478 e. The molecule has 0 aliphatic carbocycles. The molecule has 0 heterocycles. The van der Waals surface area contributed by atoms with E-state index in [-0.39, 0.29) is 11.1 Å². The van der Waals surface area contributed by atoms with Crippen molar-refractivity contribution in [2.24, 2.45) is 0 Å². The van der Waals surface area contributed by atoms with Crippen molar-refractivity contribution in [3.63, 3.8) is 0 Å². The third-order valence-corrected chi connectivity index (χ3v) is 13.1. The van der Waals surface area contributed by atoms with E-state index in [4.69, 9.17) is 13.3 Å². The fourth-order valence-electron chi connectivity index (χ4n) is 2.55. The van der Waals surface area contributed by atoms with Crippen LogP contribution in [0.4, 0.5) is 0 Å². The first-order chi connectivity index (χ1) is 10.4. The summed E-state index contributed by atoms with van der Waals surface area (Å²) in [4.78, 5) is 22.5. The van der Waals surface area contributed by atoms with Gasteiger partial charge in [0.15, 0.2) is 9.04 Å². The van der Waals surface area contributed by atoms with Crippen LogP contribution >= 0.6 is 0 Å². The van der Waals surface area contributed by atoms with E-state index in [1.807, 2.05) is 26.2 Å². The molecular formula is C14H24O6Si3. The summed E-state index contributed by atoms with van der Waals surface area (Å²) in [6.45, 7) is 12.1. The zero-order chi connectivity index (χ0) is 18.0. The molecule has 0 amide bonds. The molecule has 0 fully saturated rings. The second-order valence-corrected chi connectivity index (χ2v) is 16.8. The van der Waals surface area contributed by atoms with Gasteiger partial charge in [-0.25, -0.2) is 9.59 Å². The summed E-state index contributed by atoms with van der Waals surface area (Å²) in [5.41, 5.74) is -0.425. The van der Waals surface area contributed by atoms with Crippen molar-refractivity contribution < 1.29 is 28.0 Å². The minimum atomic E-state index is -2.41. The number of benzene rings is 1. The van der Waals surface area contributed by atoms with Crippen molar-refractivity contribution in [1.29, 1.82) is 0 Å². The summed E-state index contributed by atoms with van der Waals surface area (Å²) in [5, 5.41) is 19.1. The van der Waals surface area contributed by atoms with Crippen LogP contribution in [0.2, 0.25) is 39.3 Å². The van der Waals surface area contributed by atoms with Gasteiger partial charge >= 0.3 is 20.5 Å². The van der Waals surface area contributed by atoms with Crippen LogP contribution < -0.4 is 5.19 Å². The molecule has 23 heavy (non-hydrogen) atoms. The third-order valence-electron chi connectivity index (χ3n) is 3.20. The molecule has 0 aliphatic heterocycles. The minimum absolute atomic E-state index is 0.210. The van der Waals surface area contributed by atoms with Gasteiger partial charge in [0.1, 0.15) is 0 Å². The number of hydrogen-bond acceptors (Lipinski definition) is 4. The molecule has 0 unspecified atom stereocenters. The predicted octanol–water partition coefficient (Wildman–Crippen LogP) is 2.21. The van der Waals surface area contributed by atoms with Gasteiger partial charge in [0, 0.05) is 0 Å². The van der Waals surface area contributed by atoms with E-state index >= 15 is 0 Å². The maximum absolute atomic E-state index is 11.3. The summed E-state index contributed by atoms with van der Waals surface area (Å²) in [5.74, 6) is -2.51. The van der Waals surface area contributed by atoms with Gasteiger partial charge in [-0.15, -0.1) is 0 Å². The summed E-state index contributed by atoms with van der Waals surface area (Å²) >= 11 is 0. The third kappa shape index (κ3) is 5.39. The highest BCUT2D eigenvalue weighted by molar-refractivity contribution is 6.92. The number of carboxylic acid groups (broad SMARTS) is 2. The minimum Gasteiger partial charge on any atom is -0.478 e. The second-order valence-electron chi connectivity index (χ2n) is 6.55. The Bertz CT molecular complexity index is 613. The fourth-order valence-corrected chi connectivity index (χ4v) is 14.1. The average Bonchev–Trinajstić information content (AvgIpc) is 2.34. The molecule has 0 saturated heterocycles. The normalized spacial score (nSPS) is 12.5. The van der Waals surface area contributed by atoms with Crippen LogP contribution in [-0.4, -0.2) is 48.1 Å². The molecular weight excluding hydrogens is 348 g/mol. The molecule has 0 spiro atoms. The van der Waals surface area contributed by atoms with Crippen LogP contribution in [0.1, 0.15) is 20.7 Å². The highest BCUT2D eigenvalue weighted by Crippen LogP contribution is 2.18. The Morgan fingerprint density at radius 1 is 1.00 bits per heavy atom. The van der Waals surface area contributed by atoms with E-state index in [1.54, 1.807) is 6.07 Å². The van der Waals surface area contributed by atoms with E-state index in [2.05, 4.69) is 13.1 Å². The van der Waals surface area contributed by atoms with Crippen molar-refractivity contribution in [3.8, 4) is 0 Å². The average molecular weight is 373 g/mol. The fraction of sp³-hybridized carbons (Fsp3) is 0.429. The van der Waals surface area contributed by atoms with Crippen molar-refractivity contribution in [1.82, 2.24) is 0 Å². The standard InChI is InChI=1S/C14H24O6Si3/c1-21(2)19-23(5,6)20-22(3,4)10-7-8-11(13(15)16)12(9-10)14(17)18/h7-9,21H,1-6H3,(H,15,16)(H,17,18). The highest BCUT2D eigenvalue weighted by Gasteiger charge is 2.37. The van der Waals surface area contributed by atoms with Gasteiger partial charge in [0.25, 0.3) is 0 Å². The van der Waals surface area contributed by atoms with E-state index < -0.39 is 37.9 Å². The van der Waals surface area contributed by atoms with Crippen molar-refractivity contribution in [3.05, 3.63) is 29.3 Å². The molecule has 0 aliphatic rings. The maximum atomic E-state index is 11.3. The van der Waals surface area contributed by atoms with Crippen LogP contribution in [0.15, 0.2) is 18.2 Å². The Balaban J connectivity index is 3.21.